The van der Waals surface area contributed by atoms with Crippen LogP contribution < -0.4 is 4.90 Å². The number of anilines is 3. The summed E-state index contributed by atoms with van der Waals surface area (Å²) in [5.41, 5.74) is 13.7. The first-order chi connectivity index (χ1) is 23.1. The van der Waals surface area contributed by atoms with Gasteiger partial charge in [-0.15, -0.1) is 0 Å². The fourth-order valence-electron chi connectivity index (χ4n) is 9.30. The summed E-state index contributed by atoms with van der Waals surface area (Å²) < 4.78 is 6.59. The highest BCUT2D eigenvalue weighted by atomic mass is 16.3. The Balaban J connectivity index is 1.14. The van der Waals surface area contributed by atoms with Gasteiger partial charge < -0.3 is 9.32 Å². The van der Waals surface area contributed by atoms with Crippen molar-refractivity contribution < 1.29 is 4.42 Å². The zero-order valence-electron chi connectivity index (χ0n) is 27.9. The summed E-state index contributed by atoms with van der Waals surface area (Å²) in [5, 5.41) is 2.40. The summed E-state index contributed by atoms with van der Waals surface area (Å²) >= 11 is 0. The third kappa shape index (κ3) is 4.83. The van der Waals surface area contributed by atoms with Gasteiger partial charge in [0.1, 0.15) is 11.2 Å². The number of furan rings is 1. The molecule has 2 nitrogen and oxygen atoms in total. The number of hydrogen-bond donors (Lipinski definition) is 0. The lowest BCUT2D eigenvalue weighted by Gasteiger charge is -2.29. The molecule has 0 spiro atoms. The average Bonchev–Trinajstić information content (AvgIpc) is 3.61. The van der Waals surface area contributed by atoms with Crippen LogP contribution in [0.2, 0.25) is 0 Å². The fraction of sp³-hybridized carbons (Fsp3) is 0.333. The largest absolute Gasteiger partial charge is 0.456 e. The maximum absolute atomic E-state index is 6.59. The molecule has 5 aromatic carbocycles. The van der Waals surface area contributed by atoms with Crippen molar-refractivity contribution in [3.8, 4) is 11.1 Å². The van der Waals surface area contributed by atoms with Crippen LogP contribution in [0.25, 0.3) is 33.1 Å². The summed E-state index contributed by atoms with van der Waals surface area (Å²) in [6, 6.07) is 39.2. The number of hydrogen-bond acceptors (Lipinski definition) is 2. The number of nitrogens with zero attached hydrogens (tertiary/aromatic N) is 1. The Kier molecular flexibility index (Phi) is 7.03. The highest BCUT2D eigenvalue weighted by Crippen LogP contribution is 2.54. The molecule has 236 valence electrons. The summed E-state index contributed by atoms with van der Waals surface area (Å²) in [5.74, 6) is 1.41. The van der Waals surface area contributed by atoms with Crippen LogP contribution >= 0.6 is 0 Å². The number of fused-ring (bicyclic) bond motifs is 7. The van der Waals surface area contributed by atoms with E-state index in [1.807, 2.05) is 0 Å². The first-order valence-corrected chi connectivity index (χ1v) is 18.2. The first kappa shape index (κ1) is 28.9. The smallest absolute Gasteiger partial charge is 0.140 e. The molecule has 0 saturated heterocycles. The summed E-state index contributed by atoms with van der Waals surface area (Å²) in [7, 11) is 0. The zero-order chi connectivity index (χ0) is 31.5. The molecule has 2 heteroatoms. The summed E-state index contributed by atoms with van der Waals surface area (Å²) in [4.78, 5) is 2.48. The lowest BCUT2D eigenvalue weighted by atomic mass is 9.81. The van der Waals surface area contributed by atoms with Crippen molar-refractivity contribution in [3.05, 3.63) is 125 Å². The van der Waals surface area contributed by atoms with E-state index < -0.39 is 0 Å². The maximum atomic E-state index is 6.59. The van der Waals surface area contributed by atoms with E-state index in [1.54, 1.807) is 0 Å². The molecule has 6 aromatic rings. The standard InChI is InChI=1S/C45H45NO/c1-45(2)41-29-36(25-26-37(41)39-27-28-40-38-15-9-10-16-42(38)47-44(40)43(39)45)46(34-21-17-32(18-22-34)30-11-5-3-6-12-30)35-23-19-33(20-24-35)31-13-7-4-8-14-31/h9-10,15-31H,3-8,11-14H2,1-2H3. The van der Waals surface area contributed by atoms with Gasteiger partial charge in [0.25, 0.3) is 0 Å². The molecule has 3 aliphatic rings. The SMILES string of the molecule is CC1(C)c2cc(N(c3ccc(C4CCCCC4)cc3)c3ccc(C4CCCCC4)cc3)ccc2-c2ccc3c(oc4ccccc43)c21. The molecule has 47 heavy (non-hydrogen) atoms. The van der Waals surface area contributed by atoms with E-state index in [-0.39, 0.29) is 5.41 Å². The van der Waals surface area contributed by atoms with Crippen LogP contribution in [0.3, 0.4) is 0 Å². The molecule has 0 N–H and O–H groups in total. The van der Waals surface area contributed by atoms with Gasteiger partial charge in [-0.2, -0.15) is 0 Å². The van der Waals surface area contributed by atoms with Crippen LogP contribution in [-0.2, 0) is 5.41 Å². The third-order valence-corrected chi connectivity index (χ3v) is 11.9. The topological polar surface area (TPSA) is 16.4 Å². The fourth-order valence-corrected chi connectivity index (χ4v) is 9.30. The van der Waals surface area contributed by atoms with Crippen LogP contribution in [0.15, 0.2) is 108 Å². The van der Waals surface area contributed by atoms with E-state index in [2.05, 4.69) is 122 Å². The van der Waals surface area contributed by atoms with Crippen molar-refractivity contribution in [3.63, 3.8) is 0 Å². The van der Waals surface area contributed by atoms with Crippen LogP contribution in [0.5, 0.6) is 0 Å². The van der Waals surface area contributed by atoms with Crippen molar-refractivity contribution in [2.75, 3.05) is 4.90 Å². The van der Waals surface area contributed by atoms with E-state index in [4.69, 9.17) is 4.42 Å². The van der Waals surface area contributed by atoms with E-state index >= 15 is 0 Å². The van der Waals surface area contributed by atoms with Gasteiger partial charge in [0.15, 0.2) is 0 Å². The maximum Gasteiger partial charge on any atom is 0.140 e. The van der Waals surface area contributed by atoms with Gasteiger partial charge in [0, 0.05) is 38.8 Å². The van der Waals surface area contributed by atoms with E-state index in [9.17, 15) is 0 Å². The van der Waals surface area contributed by atoms with Gasteiger partial charge in [-0.05, 0) is 114 Å². The Hall–Kier alpha value is -4.30. The zero-order valence-corrected chi connectivity index (χ0v) is 27.9. The normalized spacial score (nSPS) is 18.0. The molecule has 3 aliphatic carbocycles. The van der Waals surface area contributed by atoms with Gasteiger partial charge in [0.05, 0.1) is 0 Å². The average molecular weight is 616 g/mol. The number of benzene rings is 5. The molecule has 9 rings (SSSR count). The second-order valence-electron chi connectivity index (χ2n) is 15.0. The molecule has 1 heterocycles. The van der Waals surface area contributed by atoms with Gasteiger partial charge in [-0.3, -0.25) is 0 Å². The Labute approximate surface area is 279 Å². The number of rotatable bonds is 5. The van der Waals surface area contributed by atoms with Crippen molar-refractivity contribution in [2.45, 2.75) is 95.3 Å². The second kappa shape index (κ2) is 11.4. The minimum absolute atomic E-state index is 0.199. The molecule has 0 atom stereocenters. The van der Waals surface area contributed by atoms with Crippen LogP contribution in [0, 0.1) is 0 Å². The minimum Gasteiger partial charge on any atom is -0.456 e. The summed E-state index contributed by atoms with van der Waals surface area (Å²) in [6.07, 6.45) is 13.5. The molecule has 2 saturated carbocycles. The lowest BCUT2D eigenvalue weighted by Crippen LogP contribution is -2.17. The van der Waals surface area contributed by atoms with Gasteiger partial charge >= 0.3 is 0 Å². The van der Waals surface area contributed by atoms with Gasteiger partial charge in [-0.25, -0.2) is 0 Å². The minimum atomic E-state index is -0.199. The van der Waals surface area contributed by atoms with E-state index in [0.717, 1.165) is 11.2 Å². The molecule has 0 radical (unpaired) electrons. The predicted molar refractivity (Wildman–Crippen MR) is 198 cm³/mol. The highest BCUT2D eigenvalue weighted by Gasteiger charge is 2.39. The van der Waals surface area contributed by atoms with Crippen LogP contribution in [0.4, 0.5) is 17.1 Å². The van der Waals surface area contributed by atoms with E-state index in [0.29, 0.717) is 11.8 Å². The Bertz CT molecular complexity index is 2010. The lowest BCUT2D eigenvalue weighted by molar-refractivity contribution is 0.443. The second-order valence-corrected chi connectivity index (χ2v) is 15.0. The van der Waals surface area contributed by atoms with Gasteiger partial charge in [-0.1, -0.05) is 107 Å². The molecule has 0 amide bonds. The van der Waals surface area contributed by atoms with Crippen molar-refractivity contribution >= 4 is 39.0 Å². The molecule has 0 bridgehead atoms. The van der Waals surface area contributed by atoms with E-state index in [1.165, 1.54) is 125 Å². The quantitative estimate of drug-likeness (QED) is 0.192. The molecular formula is C45H45NO. The molecule has 0 unspecified atom stereocenters. The first-order valence-electron chi connectivity index (χ1n) is 18.2. The van der Waals surface area contributed by atoms with Crippen molar-refractivity contribution in [1.29, 1.82) is 0 Å². The predicted octanol–water partition coefficient (Wildman–Crippen LogP) is 13.5. The Morgan fingerprint density at radius 1 is 0.553 bits per heavy atom. The van der Waals surface area contributed by atoms with Crippen LogP contribution in [-0.4, -0.2) is 0 Å². The molecule has 0 aliphatic heterocycles. The molecule has 2 fully saturated rings. The molecular weight excluding hydrogens is 571 g/mol. The highest BCUT2D eigenvalue weighted by molar-refractivity contribution is 6.09. The Morgan fingerprint density at radius 2 is 1.11 bits per heavy atom. The third-order valence-electron chi connectivity index (χ3n) is 11.9. The monoisotopic (exact) mass is 615 g/mol. The Morgan fingerprint density at radius 3 is 1.72 bits per heavy atom. The number of para-hydroxylation sites is 1. The molecule has 1 aromatic heterocycles. The van der Waals surface area contributed by atoms with Crippen molar-refractivity contribution in [2.24, 2.45) is 0 Å². The summed E-state index contributed by atoms with van der Waals surface area (Å²) in [6.45, 7) is 4.74. The van der Waals surface area contributed by atoms with Crippen molar-refractivity contribution in [1.82, 2.24) is 0 Å². The van der Waals surface area contributed by atoms with Crippen LogP contribution in [0.1, 0.15) is 112 Å². The van der Waals surface area contributed by atoms with Gasteiger partial charge in [0.2, 0.25) is 0 Å².